The summed E-state index contributed by atoms with van der Waals surface area (Å²) in [5, 5.41) is 12.1. The lowest BCUT2D eigenvalue weighted by molar-refractivity contribution is 0.0697. The van der Waals surface area contributed by atoms with Gasteiger partial charge >= 0.3 is 5.97 Å². The summed E-state index contributed by atoms with van der Waals surface area (Å²) in [5.41, 5.74) is 2.59. The van der Waals surface area contributed by atoms with Gasteiger partial charge in [-0.05, 0) is 42.3 Å². The first-order valence-corrected chi connectivity index (χ1v) is 6.41. The van der Waals surface area contributed by atoms with Crippen LogP contribution in [0, 0.1) is 12.7 Å². The summed E-state index contributed by atoms with van der Waals surface area (Å²) in [5.74, 6) is -1.20. The number of hydrogen-bond donors (Lipinski definition) is 2. The van der Waals surface area contributed by atoms with Crippen LogP contribution in [0.1, 0.15) is 21.5 Å². The van der Waals surface area contributed by atoms with Gasteiger partial charge in [0.15, 0.2) is 11.6 Å². The molecule has 0 atom stereocenters. The Morgan fingerprint density at radius 1 is 1.29 bits per heavy atom. The standard InChI is InChI=1S/C16H16FNO3/c1-10-3-5-12(16(19)20)8-14(10)18-9-11-4-6-15(21-2)13(17)7-11/h3-8,18H,9H2,1-2H3,(H,19,20). The molecule has 0 saturated heterocycles. The summed E-state index contributed by atoms with van der Waals surface area (Å²) < 4.78 is 18.5. The van der Waals surface area contributed by atoms with E-state index in [-0.39, 0.29) is 11.3 Å². The topological polar surface area (TPSA) is 58.6 Å². The van der Waals surface area contributed by atoms with Gasteiger partial charge in [0.1, 0.15) is 0 Å². The van der Waals surface area contributed by atoms with Crippen LogP contribution in [0.25, 0.3) is 0 Å². The molecular formula is C16H16FNO3. The Morgan fingerprint density at radius 3 is 2.67 bits per heavy atom. The Hall–Kier alpha value is -2.56. The minimum atomic E-state index is -0.978. The average molecular weight is 289 g/mol. The number of carboxylic acids is 1. The first kappa shape index (κ1) is 14.8. The SMILES string of the molecule is COc1ccc(CNc2cc(C(=O)O)ccc2C)cc1F. The van der Waals surface area contributed by atoms with Crippen molar-refractivity contribution in [2.45, 2.75) is 13.5 Å². The third-order valence-electron chi connectivity index (χ3n) is 3.18. The van der Waals surface area contributed by atoms with Crippen molar-refractivity contribution in [3.8, 4) is 5.75 Å². The molecular weight excluding hydrogens is 273 g/mol. The van der Waals surface area contributed by atoms with E-state index in [2.05, 4.69) is 5.32 Å². The third-order valence-corrected chi connectivity index (χ3v) is 3.18. The van der Waals surface area contributed by atoms with E-state index < -0.39 is 11.8 Å². The van der Waals surface area contributed by atoms with Gasteiger partial charge in [0, 0.05) is 12.2 Å². The van der Waals surface area contributed by atoms with Gasteiger partial charge in [-0.2, -0.15) is 0 Å². The number of benzene rings is 2. The molecule has 0 aromatic heterocycles. The molecule has 110 valence electrons. The number of hydrogen-bond acceptors (Lipinski definition) is 3. The minimum absolute atomic E-state index is 0.197. The van der Waals surface area contributed by atoms with Gasteiger partial charge in [-0.15, -0.1) is 0 Å². The van der Waals surface area contributed by atoms with Crippen molar-refractivity contribution in [3.63, 3.8) is 0 Å². The van der Waals surface area contributed by atoms with Gasteiger partial charge in [-0.3, -0.25) is 0 Å². The number of carbonyl (C=O) groups is 1. The molecule has 0 unspecified atom stereocenters. The average Bonchev–Trinajstić information content (AvgIpc) is 2.46. The number of carboxylic acid groups (broad SMARTS) is 1. The maximum absolute atomic E-state index is 13.6. The molecule has 2 rings (SSSR count). The molecule has 2 N–H and O–H groups in total. The number of rotatable bonds is 5. The van der Waals surface area contributed by atoms with Crippen molar-refractivity contribution in [1.82, 2.24) is 0 Å². The molecule has 0 spiro atoms. The number of nitrogens with one attached hydrogen (secondary N) is 1. The molecule has 2 aromatic rings. The molecule has 2 aromatic carbocycles. The van der Waals surface area contributed by atoms with Crippen molar-refractivity contribution >= 4 is 11.7 Å². The maximum Gasteiger partial charge on any atom is 0.335 e. The Kier molecular flexibility index (Phi) is 4.42. The lowest BCUT2D eigenvalue weighted by Crippen LogP contribution is -2.04. The van der Waals surface area contributed by atoms with Crippen LogP contribution in [0.4, 0.5) is 10.1 Å². The van der Waals surface area contributed by atoms with Gasteiger partial charge < -0.3 is 15.2 Å². The van der Waals surface area contributed by atoms with Crippen LogP contribution >= 0.6 is 0 Å². The van der Waals surface area contributed by atoms with E-state index in [4.69, 9.17) is 9.84 Å². The Balaban J connectivity index is 2.14. The smallest absolute Gasteiger partial charge is 0.335 e. The molecule has 0 amide bonds. The highest BCUT2D eigenvalue weighted by atomic mass is 19.1. The second-order valence-electron chi connectivity index (χ2n) is 4.66. The predicted molar refractivity (Wildman–Crippen MR) is 78.4 cm³/mol. The zero-order valence-electron chi connectivity index (χ0n) is 11.8. The molecule has 0 fully saturated rings. The van der Waals surface area contributed by atoms with E-state index >= 15 is 0 Å². The largest absolute Gasteiger partial charge is 0.494 e. The van der Waals surface area contributed by atoms with Crippen molar-refractivity contribution in [1.29, 1.82) is 0 Å². The highest BCUT2D eigenvalue weighted by Crippen LogP contribution is 2.21. The molecule has 5 heteroatoms. The summed E-state index contributed by atoms with van der Waals surface area (Å²) >= 11 is 0. The van der Waals surface area contributed by atoms with E-state index in [1.54, 1.807) is 30.3 Å². The Morgan fingerprint density at radius 2 is 2.05 bits per heavy atom. The number of ether oxygens (including phenoxy) is 1. The summed E-state index contributed by atoms with van der Waals surface area (Å²) in [4.78, 5) is 11.0. The molecule has 0 heterocycles. The number of aryl methyl sites for hydroxylation is 1. The van der Waals surface area contributed by atoms with Crippen LogP contribution in [0.15, 0.2) is 36.4 Å². The van der Waals surface area contributed by atoms with E-state index in [9.17, 15) is 9.18 Å². The number of halogens is 1. The molecule has 0 bridgehead atoms. The highest BCUT2D eigenvalue weighted by molar-refractivity contribution is 5.89. The van der Waals surface area contributed by atoms with Crippen molar-refractivity contribution in [3.05, 3.63) is 58.9 Å². The molecule has 0 aliphatic rings. The number of methoxy groups -OCH3 is 1. The fourth-order valence-electron chi connectivity index (χ4n) is 1.96. The van der Waals surface area contributed by atoms with Gasteiger partial charge in [0.05, 0.1) is 12.7 Å². The van der Waals surface area contributed by atoms with Crippen LogP contribution in [0.5, 0.6) is 5.75 Å². The summed E-state index contributed by atoms with van der Waals surface area (Å²) in [7, 11) is 1.41. The van der Waals surface area contributed by atoms with E-state index in [1.165, 1.54) is 13.2 Å². The predicted octanol–water partition coefficient (Wildman–Crippen LogP) is 3.45. The van der Waals surface area contributed by atoms with Gasteiger partial charge in [-0.1, -0.05) is 12.1 Å². The molecule has 0 aliphatic heterocycles. The van der Waals surface area contributed by atoms with Crippen LogP contribution in [-0.2, 0) is 6.54 Å². The quantitative estimate of drug-likeness (QED) is 0.885. The first-order valence-electron chi connectivity index (χ1n) is 6.41. The summed E-state index contributed by atoms with van der Waals surface area (Å²) in [6, 6.07) is 9.56. The normalized spacial score (nSPS) is 10.2. The highest BCUT2D eigenvalue weighted by Gasteiger charge is 2.07. The van der Waals surface area contributed by atoms with Crippen molar-refractivity contribution in [2.75, 3.05) is 12.4 Å². The first-order chi connectivity index (χ1) is 10.0. The monoisotopic (exact) mass is 289 g/mol. The van der Waals surface area contributed by atoms with Crippen LogP contribution < -0.4 is 10.1 Å². The van der Waals surface area contributed by atoms with Crippen LogP contribution in [0.3, 0.4) is 0 Å². The molecule has 4 nitrogen and oxygen atoms in total. The summed E-state index contributed by atoms with van der Waals surface area (Å²) in [6.45, 7) is 2.27. The lowest BCUT2D eigenvalue weighted by atomic mass is 10.1. The van der Waals surface area contributed by atoms with E-state index in [1.807, 2.05) is 6.92 Å². The fraction of sp³-hybridized carbons (Fsp3) is 0.188. The zero-order chi connectivity index (χ0) is 15.4. The Labute approximate surface area is 122 Å². The molecule has 21 heavy (non-hydrogen) atoms. The molecule has 0 aliphatic carbocycles. The second kappa shape index (κ2) is 6.26. The van der Waals surface area contributed by atoms with E-state index in [0.29, 0.717) is 12.2 Å². The molecule has 0 radical (unpaired) electrons. The zero-order valence-corrected chi connectivity index (χ0v) is 11.8. The molecule has 0 saturated carbocycles. The van der Waals surface area contributed by atoms with E-state index in [0.717, 1.165) is 11.1 Å². The van der Waals surface area contributed by atoms with Gasteiger partial charge in [0.25, 0.3) is 0 Å². The third kappa shape index (κ3) is 3.51. The van der Waals surface area contributed by atoms with Crippen LogP contribution in [0.2, 0.25) is 0 Å². The Bertz CT molecular complexity index is 671. The van der Waals surface area contributed by atoms with Gasteiger partial charge in [0.2, 0.25) is 0 Å². The fourth-order valence-corrected chi connectivity index (χ4v) is 1.96. The maximum atomic E-state index is 13.6. The van der Waals surface area contributed by atoms with Crippen molar-refractivity contribution < 1.29 is 19.0 Å². The number of anilines is 1. The van der Waals surface area contributed by atoms with Gasteiger partial charge in [-0.25, -0.2) is 9.18 Å². The second-order valence-corrected chi connectivity index (χ2v) is 4.66. The van der Waals surface area contributed by atoms with Crippen LogP contribution in [-0.4, -0.2) is 18.2 Å². The van der Waals surface area contributed by atoms with Crippen molar-refractivity contribution in [2.24, 2.45) is 0 Å². The lowest BCUT2D eigenvalue weighted by Gasteiger charge is -2.11. The number of aromatic carboxylic acids is 1. The summed E-state index contributed by atoms with van der Waals surface area (Å²) in [6.07, 6.45) is 0. The minimum Gasteiger partial charge on any atom is -0.494 e.